The van der Waals surface area contributed by atoms with Crippen LogP contribution in [-0.4, -0.2) is 42.1 Å². The minimum Gasteiger partial charge on any atom is -0.360 e. The monoisotopic (exact) mass is 431 g/mol. The number of benzene rings is 1. The van der Waals surface area contributed by atoms with Crippen LogP contribution >= 0.6 is 23.8 Å². The number of hydrogen-bond acceptors (Lipinski definition) is 6. The zero-order chi connectivity index (χ0) is 19.8. The third kappa shape index (κ3) is 4.28. The third-order valence-electron chi connectivity index (χ3n) is 4.08. The van der Waals surface area contributed by atoms with Crippen LogP contribution in [0.25, 0.3) is 11.3 Å². The van der Waals surface area contributed by atoms with Gasteiger partial charge in [-0.25, -0.2) is 12.8 Å². The van der Waals surface area contributed by atoms with Crippen LogP contribution in [0, 0.1) is 12.7 Å². The first-order valence-corrected chi connectivity index (χ1v) is 10.5. The molecule has 2 aromatic rings. The van der Waals surface area contributed by atoms with E-state index in [2.05, 4.69) is 15.8 Å². The predicted molar refractivity (Wildman–Crippen MR) is 102 cm³/mol. The molecule has 27 heavy (non-hydrogen) atoms. The third-order valence-corrected chi connectivity index (χ3v) is 6.39. The van der Waals surface area contributed by atoms with Gasteiger partial charge in [0.1, 0.15) is 22.8 Å². The number of aromatic nitrogens is 1. The number of carbonyl (C=O) groups is 1. The van der Waals surface area contributed by atoms with Crippen molar-refractivity contribution in [1.29, 1.82) is 0 Å². The van der Waals surface area contributed by atoms with E-state index in [9.17, 15) is 17.6 Å². The van der Waals surface area contributed by atoms with Crippen LogP contribution in [0.5, 0.6) is 0 Å². The fraction of sp³-hybridized carbons (Fsp3) is 0.312. The SMILES string of the molecule is Cc1onc(-c2c(F)cccc2Cl)c1C(=O)NC(=S)N[C@@H]1CCS(=O)(=O)C1. The summed E-state index contributed by atoms with van der Waals surface area (Å²) in [5.74, 6) is -1.14. The van der Waals surface area contributed by atoms with Crippen molar-refractivity contribution in [3.05, 3.63) is 40.4 Å². The molecule has 0 bridgehead atoms. The fourth-order valence-corrected chi connectivity index (χ4v) is 5.02. The standard InChI is InChI=1S/C16H15ClFN3O4S2/c1-8-12(14(21-25-8)13-10(17)3-2-4-11(13)18)15(22)20-16(26)19-9-5-6-27(23,24)7-9/h2-4,9H,5-7H2,1H3,(H2,19,20,22,26)/t9-/m1/s1. The van der Waals surface area contributed by atoms with Crippen molar-refractivity contribution >= 4 is 44.7 Å². The van der Waals surface area contributed by atoms with E-state index in [-0.39, 0.29) is 50.3 Å². The Kier molecular flexibility index (Phi) is 5.50. The van der Waals surface area contributed by atoms with Crippen molar-refractivity contribution in [3.63, 3.8) is 0 Å². The smallest absolute Gasteiger partial charge is 0.263 e. The summed E-state index contributed by atoms with van der Waals surface area (Å²) in [5, 5.41) is 9.04. The molecular formula is C16H15ClFN3O4S2. The van der Waals surface area contributed by atoms with E-state index in [0.29, 0.717) is 6.42 Å². The average Bonchev–Trinajstić information content (AvgIpc) is 3.09. The molecule has 0 saturated carbocycles. The molecule has 144 valence electrons. The van der Waals surface area contributed by atoms with Crippen LogP contribution in [0.1, 0.15) is 22.5 Å². The quantitative estimate of drug-likeness (QED) is 0.718. The largest absolute Gasteiger partial charge is 0.360 e. The van der Waals surface area contributed by atoms with E-state index in [1.807, 2.05) is 0 Å². The molecule has 0 spiro atoms. The van der Waals surface area contributed by atoms with E-state index in [1.165, 1.54) is 25.1 Å². The Labute approximate surface area is 165 Å². The van der Waals surface area contributed by atoms with Crippen LogP contribution in [0.15, 0.2) is 22.7 Å². The fourth-order valence-electron chi connectivity index (χ4n) is 2.83. The minimum atomic E-state index is -3.09. The van der Waals surface area contributed by atoms with Crippen molar-refractivity contribution in [2.24, 2.45) is 0 Å². The number of rotatable bonds is 3. The van der Waals surface area contributed by atoms with Gasteiger partial charge in [0.25, 0.3) is 5.91 Å². The van der Waals surface area contributed by atoms with Gasteiger partial charge < -0.3 is 9.84 Å². The summed E-state index contributed by atoms with van der Waals surface area (Å²) in [6.07, 6.45) is 0.403. The average molecular weight is 432 g/mol. The van der Waals surface area contributed by atoms with E-state index in [0.717, 1.165) is 0 Å². The van der Waals surface area contributed by atoms with Gasteiger partial charge in [0.05, 0.1) is 22.1 Å². The van der Waals surface area contributed by atoms with Crippen LogP contribution in [-0.2, 0) is 9.84 Å². The summed E-state index contributed by atoms with van der Waals surface area (Å²) in [6, 6.07) is 3.73. The molecule has 7 nitrogen and oxygen atoms in total. The second-order valence-electron chi connectivity index (χ2n) is 6.09. The number of hydrogen-bond donors (Lipinski definition) is 2. The molecule has 11 heteroatoms. The summed E-state index contributed by atoms with van der Waals surface area (Å²) >= 11 is 11.1. The van der Waals surface area contributed by atoms with Gasteiger partial charge in [-0.15, -0.1) is 0 Å². The lowest BCUT2D eigenvalue weighted by Crippen LogP contribution is -2.45. The van der Waals surface area contributed by atoms with Gasteiger partial charge in [0.2, 0.25) is 0 Å². The highest BCUT2D eigenvalue weighted by Crippen LogP contribution is 2.33. The number of nitrogens with one attached hydrogen (secondary N) is 2. The molecule has 1 saturated heterocycles. The molecule has 2 N–H and O–H groups in total. The molecule has 0 radical (unpaired) electrons. The van der Waals surface area contributed by atoms with Crippen molar-refractivity contribution in [2.75, 3.05) is 11.5 Å². The molecule has 2 heterocycles. The van der Waals surface area contributed by atoms with E-state index in [4.69, 9.17) is 28.3 Å². The molecule has 1 aromatic carbocycles. The molecule has 1 atom stereocenters. The first-order valence-electron chi connectivity index (χ1n) is 7.91. The molecular weight excluding hydrogens is 417 g/mol. The van der Waals surface area contributed by atoms with Gasteiger partial charge in [0, 0.05) is 6.04 Å². The zero-order valence-electron chi connectivity index (χ0n) is 14.1. The first kappa shape index (κ1) is 19.7. The molecule has 1 amide bonds. The molecule has 0 unspecified atom stereocenters. The normalized spacial score (nSPS) is 18.3. The topological polar surface area (TPSA) is 101 Å². The van der Waals surface area contributed by atoms with Gasteiger partial charge in [-0.05, 0) is 37.7 Å². The lowest BCUT2D eigenvalue weighted by atomic mass is 10.0. The minimum absolute atomic E-state index is 0.00908. The summed E-state index contributed by atoms with van der Waals surface area (Å²) in [4.78, 5) is 12.6. The maximum Gasteiger partial charge on any atom is 0.263 e. The number of amides is 1. The van der Waals surface area contributed by atoms with Gasteiger partial charge in [-0.1, -0.05) is 22.8 Å². The molecule has 1 aliphatic heterocycles. The lowest BCUT2D eigenvalue weighted by Gasteiger charge is -2.14. The Morgan fingerprint density at radius 3 is 2.81 bits per heavy atom. The number of thiocarbonyl (C=S) groups is 1. The second-order valence-corrected chi connectivity index (χ2v) is 9.13. The Morgan fingerprint density at radius 1 is 1.44 bits per heavy atom. The molecule has 0 aliphatic carbocycles. The first-order chi connectivity index (χ1) is 12.7. The number of nitrogens with zero attached hydrogens (tertiary/aromatic N) is 1. The predicted octanol–water partition coefficient (Wildman–Crippen LogP) is 2.23. The van der Waals surface area contributed by atoms with E-state index >= 15 is 0 Å². The molecule has 1 aromatic heterocycles. The van der Waals surface area contributed by atoms with Gasteiger partial charge in [0.15, 0.2) is 14.9 Å². The lowest BCUT2D eigenvalue weighted by molar-refractivity contribution is 0.0975. The zero-order valence-corrected chi connectivity index (χ0v) is 16.5. The van der Waals surface area contributed by atoms with Crippen molar-refractivity contribution in [3.8, 4) is 11.3 Å². The van der Waals surface area contributed by atoms with Gasteiger partial charge in [-0.3, -0.25) is 10.1 Å². The van der Waals surface area contributed by atoms with E-state index < -0.39 is 21.6 Å². The summed E-state index contributed by atoms with van der Waals surface area (Å²) < 4.78 is 42.3. The Balaban J connectivity index is 1.80. The summed E-state index contributed by atoms with van der Waals surface area (Å²) in [7, 11) is -3.09. The van der Waals surface area contributed by atoms with Crippen LogP contribution in [0.3, 0.4) is 0 Å². The summed E-state index contributed by atoms with van der Waals surface area (Å²) in [5.41, 5.74) is -0.105. The van der Waals surface area contributed by atoms with Crippen molar-refractivity contribution in [1.82, 2.24) is 15.8 Å². The maximum absolute atomic E-state index is 14.2. The van der Waals surface area contributed by atoms with Gasteiger partial charge in [-0.2, -0.15) is 0 Å². The number of aryl methyl sites for hydroxylation is 1. The number of carbonyl (C=O) groups excluding carboxylic acids is 1. The second kappa shape index (κ2) is 7.53. The molecule has 1 aliphatic rings. The Hall–Kier alpha value is -2.04. The number of halogens is 2. The van der Waals surface area contributed by atoms with Gasteiger partial charge >= 0.3 is 0 Å². The molecule has 3 rings (SSSR count). The van der Waals surface area contributed by atoms with Crippen LogP contribution in [0.4, 0.5) is 4.39 Å². The molecule has 1 fully saturated rings. The van der Waals surface area contributed by atoms with Crippen molar-refractivity contribution < 1.29 is 22.1 Å². The van der Waals surface area contributed by atoms with E-state index in [1.54, 1.807) is 0 Å². The highest BCUT2D eigenvalue weighted by atomic mass is 35.5. The van der Waals surface area contributed by atoms with Crippen LogP contribution < -0.4 is 10.6 Å². The van der Waals surface area contributed by atoms with Crippen molar-refractivity contribution in [2.45, 2.75) is 19.4 Å². The highest BCUT2D eigenvalue weighted by molar-refractivity contribution is 7.91. The Morgan fingerprint density at radius 2 is 2.19 bits per heavy atom. The number of sulfone groups is 1. The Bertz CT molecular complexity index is 1000. The van der Waals surface area contributed by atoms with Crippen LogP contribution in [0.2, 0.25) is 5.02 Å². The highest BCUT2D eigenvalue weighted by Gasteiger charge is 2.30. The summed E-state index contributed by atoms with van der Waals surface area (Å²) in [6.45, 7) is 1.50. The maximum atomic E-state index is 14.2.